The number of cyclic esters (lactones) is 1. The number of ether oxygens (including phenoxy) is 1. The van der Waals surface area contributed by atoms with E-state index < -0.39 is 23.4 Å². The van der Waals surface area contributed by atoms with E-state index in [9.17, 15) is 14.4 Å². The SMILES string of the molecule is Cn1ccc(=O)n(CC2CNC(=O)O2)c1=O. The zero-order valence-corrected chi connectivity index (χ0v) is 8.67. The third-order valence-electron chi connectivity index (χ3n) is 2.37. The third-order valence-corrected chi connectivity index (χ3v) is 2.37. The highest BCUT2D eigenvalue weighted by atomic mass is 16.6. The molecule has 1 unspecified atom stereocenters. The first kappa shape index (κ1) is 10.5. The van der Waals surface area contributed by atoms with Crippen LogP contribution in [0.3, 0.4) is 0 Å². The van der Waals surface area contributed by atoms with Crippen molar-refractivity contribution < 1.29 is 9.53 Å². The van der Waals surface area contributed by atoms with Crippen molar-refractivity contribution in [3.8, 4) is 0 Å². The summed E-state index contributed by atoms with van der Waals surface area (Å²) in [7, 11) is 1.55. The van der Waals surface area contributed by atoms with E-state index in [1.807, 2.05) is 0 Å². The molecule has 0 radical (unpaired) electrons. The van der Waals surface area contributed by atoms with E-state index in [4.69, 9.17) is 4.74 Å². The Morgan fingerprint density at radius 1 is 1.50 bits per heavy atom. The summed E-state index contributed by atoms with van der Waals surface area (Å²) in [5.74, 6) is 0. The van der Waals surface area contributed by atoms with Crippen LogP contribution < -0.4 is 16.6 Å². The number of hydrogen-bond donors (Lipinski definition) is 1. The van der Waals surface area contributed by atoms with Crippen molar-refractivity contribution in [1.29, 1.82) is 0 Å². The second-order valence-corrected chi connectivity index (χ2v) is 3.57. The van der Waals surface area contributed by atoms with Crippen LogP contribution in [0.2, 0.25) is 0 Å². The van der Waals surface area contributed by atoms with Crippen molar-refractivity contribution in [3.05, 3.63) is 33.1 Å². The fourth-order valence-corrected chi connectivity index (χ4v) is 1.52. The van der Waals surface area contributed by atoms with Gasteiger partial charge in [-0.2, -0.15) is 0 Å². The van der Waals surface area contributed by atoms with E-state index in [2.05, 4.69) is 5.32 Å². The molecular weight excluding hydrogens is 214 g/mol. The molecule has 1 fully saturated rings. The van der Waals surface area contributed by atoms with Gasteiger partial charge in [-0.3, -0.25) is 9.36 Å². The minimum Gasteiger partial charge on any atom is -0.442 e. The maximum atomic E-state index is 11.6. The van der Waals surface area contributed by atoms with Gasteiger partial charge >= 0.3 is 11.8 Å². The molecule has 1 saturated heterocycles. The second kappa shape index (κ2) is 3.84. The molecule has 1 N–H and O–H groups in total. The van der Waals surface area contributed by atoms with E-state index >= 15 is 0 Å². The summed E-state index contributed by atoms with van der Waals surface area (Å²) in [4.78, 5) is 33.9. The van der Waals surface area contributed by atoms with Crippen molar-refractivity contribution >= 4 is 6.09 Å². The number of aryl methyl sites for hydroxylation is 1. The van der Waals surface area contributed by atoms with Crippen LogP contribution in [0.4, 0.5) is 4.79 Å². The van der Waals surface area contributed by atoms with Gasteiger partial charge in [-0.05, 0) is 0 Å². The van der Waals surface area contributed by atoms with E-state index in [0.29, 0.717) is 6.54 Å². The fraction of sp³-hybridized carbons (Fsp3) is 0.444. The van der Waals surface area contributed by atoms with Gasteiger partial charge < -0.3 is 14.6 Å². The van der Waals surface area contributed by atoms with Crippen LogP contribution in [0.5, 0.6) is 0 Å². The van der Waals surface area contributed by atoms with E-state index in [1.54, 1.807) is 7.05 Å². The van der Waals surface area contributed by atoms with Crippen molar-refractivity contribution in [1.82, 2.24) is 14.5 Å². The molecule has 2 rings (SSSR count). The lowest BCUT2D eigenvalue weighted by Gasteiger charge is -2.10. The van der Waals surface area contributed by atoms with Crippen LogP contribution in [-0.2, 0) is 18.3 Å². The lowest BCUT2D eigenvalue weighted by atomic mass is 10.3. The summed E-state index contributed by atoms with van der Waals surface area (Å²) < 4.78 is 7.20. The maximum Gasteiger partial charge on any atom is 0.407 e. The van der Waals surface area contributed by atoms with Crippen molar-refractivity contribution in [2.24, 2.45) is 7.05 Å². The predicted octanol–water partition coefficient (Wildman–Crippen LogP) is -1.34. The van der Waals surface area contributed by atoms with Crippen LogP contribution in [0, 0.1) is 0 Å². The van der Waals surface area contributed by atoms with Gasteiger partial charge in [0.2, 0.25) is 0 Å². The summed E-state index contributed by atoms with van der Waals surface area (Å²) in [6.07, 6.45) is 0.409. The highest BCUT2D eigenvalue weighted by molar-refractivity contribution is 5.69. The number of hydrogen-bond acceptors (Lipinski definition) is 4. The molecule has 0 bridgehead atoms. The van der Waals surface area contributed by atoms with Gasteiger partial charge in [-0.25, -0.2) is 9.59 Å². The normalized spacial score (nSPS) is 19.3. The van der Waals surface area contributed by atoms with Gasteiger partial charge in [0.15, 0.2) is 0 Å². The van der Waals surface area contributed by atoms with E-state index in [1.165, 1.54) is 16.8 Å². The topological polar surface area (TPSA) is 82.3 Å². The highest BCUT2D eigenvalue weighted by Gasteiger charge is 2.23. The quantitative estimate of drug-likeness (QED) is 0.675. The molecule has 7 nitrogen and oxygen atoms in total. The highest BCUT2D eigenvalue weighted by Crippen LogP contribution is 2.00. The van der Waals surface area contributed by atoms with Gasteiger partial charge in [-0.15, -0.1) is 0 Å². The molecule has 16 heavy (non-hydrogen) atoms. The number of carbonyl (C=O) groups is 1. The minimum absolute atomic E-state index is 0.0745. The van der Waals surface area contributed by atoms with Crippen molar-refractivity contribution in [2.75, 3.05) is 6.54 Å². The summed E-state index contributed by atoms with van der Waals surface area (Å²) in [5, 5.41) is 2.46. The lowest BCUT2D eigenvalue weighted by molar-refractivity contribution is 0.129. The molecule has 1 atom stereocenters. The van der Waals surface area contributed by atoms with Gasteiger partial charge in [0.25, 0.3) is 5.56 Å². The minimum atomic E-state index is -0.522. The fourth-order valence-electron chi connectivity index (χ4n) is 1.52. The Hall–Kier alpha value is -2.05. The molecular formula is C9H11N3O4. The molecule has 86 valence electrons. The molecule has 1 amide bonds. The number of nitrogens with one attached hydrogen (secondary N) is 1. The Bertz CT molecular complexity index is 530. The molecule has 1 aliphatic rings. The monoisotopic (exact) mass is 225 g/mol. The summed E-state index contributed by atoms with van der Waals surface area (Å²) in [6, 6.07) is 1.30. The number of rotatable bonds is 2. The Morgan fingerprint density at radius 3 is 2.88 bits per heavy atom. The Labute approximate surface area is 90.3 Å². The number of aromatic nitrogens is 2. The first-order valence-corrected chi connectivity index (χ1v) is 4.79. The van der Waals surface area contributed by atoms with Crippen LogP contribution in [0.25, 0.3) is 0 Å². The predicted molar refractivity (Wildman–Crippen MR) is 54.2 cm³/mol. The number of amides is 1. The Balaban J connectivity index is 2.28. The smallest absolute Gasteiger partial charge is 0.407 e. The largest absolute Gasteiger partial charge is 0.442 e. The van der Waals surface area contributed by atoms with E-state index in [-0.39, 0.29) is 6.54 Å². The standard InChI is InChI=1S/C9H11N3O4/c1-11-3-2-7(13)12(9(11)15)5-6-4-10-8(14)16-6/h2-3,6H,4-5H2,1H3,(H,10,14). The molecule has 0 aliphatic carbocycles. The number of nitrogens with zero attached hydrogens (tertiary/aromatic N) is 2. The zero-order valence-electron chi connectivity index (χ0n) is 8.67. The van der Waals surface area contributed by atoms with Crippen molar-refractivity contribution in [3.63, 3.8) is 0 Å². The second-order valence-electron chi connectivity index (χ2n) is 3.57. The molecule has 1 aromatic heterocycles. The van der Waals surface area contributed by atoms with Crippen LogP contribution >= 0.6 is 0 Å². The number of alkyl carbamates (subject to hydrolysis) is 1. The Morgan fingerprint density at radius 2 is 2.25 bits per heavy atom. The van der Waals surface area contributed by atoms with E-state index in [0.717, 1.165) is 4.57 Å². The summed E-state index contributed by atoms with van der Waals surface area (Å²) >= 11 is 0. The maximum absolute atomic E-state index is 11.6. The Kier molecular flexibility index (Phi) is 2.51. The van der Waals surface area contributed by atoms with Crippen molar-refractivity contribution in [2.45, 2.75) is 12.6 Å². The average Bonchev–Trinajstić information content (AvgIpc) is 2.65. The van der Waals surface area contributed by atoms with Crippen LogP contribution in [-0.4, -0.2) is 27.9 Å². The third kappa shape index (κ3) is 1.83. The molecule has 2 heterocycles. The number of carbonyl (C=O) groups excluding carboxylic acids is 1. The molecule has 0 saturated carbocycles. The van der Waals surface area contributed by atoms with Gasteiger partial charge in [0, 0.05) is 19.3 Å². The lowest BCUT2D eigenvalue weighted by Crippen LogP contribution is -2.41. The molecule has 0 aromatic carbocycles. The van der Waals surface area contributed by atoms with Crippen LogP contribution in [0.1, 0.15) is 0 Å². The molecule has 1 aliphatic heterocycles. The first-order chi connectivity index (χ1) is 7.58. The zero-order chi connectivity index (χ0) is 11.7. The summed E-state index contributed by atoms with van der Waals surface area (Å²) in [5.41, 5.74) is -0.818. The molecule has 7 heteroatoms. The van der Waals surface area contributed by atoms with Gasteiger partial charge in [0.05, 0.1) is 13.1 Å². The van der Waals surface area contributed by atoms with Gasteiger partial charge in [0.1, 0.15) is 6.10 Å². The summed E-state index contributed by atoms with van der Waals surface area (Å²) in [6.45, 7) is 0.383. The van der Waals surface area contributed by atoms with Gasteiger partial charge in [-0.1, -0.05) is 0 Å². The average molecular weight is 225 g/mol. The van der Waals surface area contributed by atoms with Crippen LogP contribution in [0.15, 0.2) is 21.9 Å². The molecule has 1 aromatic rings. The molecule has 0 spiro atoms. The first-order valence-electron chi connectivity index (χ1n) is 4.79.